The standard InChI is InChI=1S/C18H13N3O3/c22-17(15-16(18(23)24)20-11-10-19-15)21-14-9-5-4-8-13(14)12-6-2-1-3-7-12/h1-11H,(H,21,22)(H,23,24)/p-1. The Balaban J connectivity index is 1.96. The van der Waals surface area contributed by atoms with Crippen molar-refractivity contribution in [1.82, 2.24) is 9.97 Å². The molecule has 0 unspecified atom stereocenters. The van der Waals surface area contributed by atoms with Crippen molar-refractivity contribution in [2.45, 2.75) is 0 Å². The van der Waals surface area contributed by atoms with Gasteiger partial charge in [0.25, 0.3) is 5.91 Å². The largest absolute Gasteiger partial charge is 0.543 e. The molecule has 0 aliphatic carbocycles. The van der Waals surface area contributed by atoms with Gasteiger partial charge in [-0.1, -0.05) is 48.5 Å². The van der Waals surface area contributed by atoms with Gasteiger partial charge in [0.2, 0.25) is 0 Å². The third-order valence-corrected chi connectivity index (χ3v) is 3.37. The number of hydrogen-bond donors (Lipinski definition) is 1. The van der Waals surface area contributed by atoms with Crippen molar-refractivity contribution in [3.05, 3.63) is 78.4 Å². The van der Waals surface area contributed by atoms with E-state index in [2.05, 4.69) is 15.3 Å². The molecule has 6 heteroatoms. The number of aromatic carboxylic acids is 1. The minimum absolute atomic E-state index is 0.291. The third kappa shape index (κ3) is 3.12. The number of amides is 1. The Kier molecular flexibility index (Phi) is 4.29. The number of benzene rings is 2. The number of nitrogens with zero attached hydrogens (tertiary/aromatic N) is 2. The van der Waals surface area contributed by atoms with Crippen LogP contribution in [0.3, 0.4) is 0 Å². The Morgan fingerprint density at radius 3 is 2.17 bits per heavy atom. The first-order valence-corrected chi connectivity index (χ1v) is 7.15. The predicted molar refractivity (Wildman–Crippen MR) is 86.2 cm³/mol. The van der Waals surface area contributed by atoms with Crippen LogP contribution in [0.1, 0.15) is 21.0 Å². The summed E-state index contributed by atoms with van der Waals surface area (Å²) in [6.07, 6.45) is 2.45. The van der Waals surface area contributed by atoms with Crippen molar-refractivity contribution in [2.75, 3.05) is 5.32 Å². The molecule has 6 nitrogen and oxygen atoms in total. The Morgan fingerprint density at radius 2 is 1.46 bits per heavy atom. The summed E-state index contributed by atoms with van der Waals surface area (Å²) in [6.45, 7) is 0. The van der Waals surface area contributed by atoms with E-state index in [1.165, 1.54) is 12.4 Å². The molecule has 24 heavy (non-hydrogen) atoms. The lowest BCUT2D eigenvalue weighted by Gasteiger charge is -2.12. The lowest BCUT2D eigenvalue weighted by atomic mass is 10.0. The maximum absolute atomic E-state index is 12.4. The molecule has 0 atom stereocenters. The summed E-state index contributed by atoms with van der Waals surface area (Å²) in [5.74, 6) is -2.21. The zero-order valence-electron chi connectivity index (χ0n) is 12.5. The molecule has 118 valence electrons. The number of para-hydroxylation sites is 1. The van der Waals surface area contributed by atoms with Gasteiger partial charge in [0.05, 0.1) is 5.97 Å². The van der Waals surface area contributed by atoms with Gasteiger partial charge in [0.1, 0.15) is 5.69 Å². The van der Waals surface area contributed by atoms with Crippen molar-refractivity contribution < 1.29 is 14.7 Å². The van der Waals surface area contributed by atoms with Crippen LogP contribution in [0.4, 0.5) is 5.69 Å². The molecule has 1 amide bonds. The summed E-state index contributed by atoms with van der Waals surface area (Å²) in [5, 5.41) is 13.8. The van der Waals surface area contributed by atoms with E-state index in [1.54, 1.807) is 12.1 Å². The van der Waals surface area contributed by atoms with Gasteiger partial charge in [-0.05, 0) is 11.6 Å². The number of carboxylic acid groups (broad SMARTS) is 1. The Labute approximate surface area is 137 Å². The first-order valence-electron chi connectivity index (χ1n) is 7.15. The van der Waals surface area contributed by atoms with E-state index >= 15 is 0 Å². The SMILES string of the molecule is O=C([O-])c1nccnc1C(=O)Nc1ccccc1-c1ccccc1. The maximum atomic E-state index is 12.4. The number of nitrogens with one attached hydrogen (secondary N) is 1. The number of rotatable bonds is 4. The second kappa shape index (κ2) is 6.70. The molecular weight excluding hydrogens is 306 g/mol. The third-order valence-electron chi connectivity index (χ3n) is 3.37. The summed E-state index contributed by atoms with van der Waals surface area (Å²) in [7, 11) is 0. The van der Waals surface area contributed by atoms with Crippen LogP contribution in [-0.4, -0.2) is 21.8 Å². The van der Waals surface area contributed by atoms with Crippen LogP contribution in [0.25, 0.3) is 11.1 Å². The number of anilines is 1. The van der Waals surface area contributed by atoms with E-state index in [1.807, 2.05) is 42.5 Å². The van der Waals surface area contributed by atoms with Gasteiger partial charge in [-0.25, -0.2) is 4.98 Å². The van der Waals surface area contributed by atoms with E-state index < -0.39 is 17.6 Å². The predicted octanol–water partition coefficient (Wildman–Crippen LogP) is 1.76. The van der Waals surface area contributed by atoms with Gasteiger partial charge in [-0.2, -0.15) is 0 Å². The highest BCUT2D eigenvalue weighted by Crippen LogP contribution is 2.27. The fraction of sp³-hybridized carbons (Fsp3) is 0. The lowest BCUT2D eigenvalue weighted by Crippen LogP contribution is -2.28. The monoisotopic (exact) mass is 318 g/mol. The molecule has 0 saturated heterocycles. The van der Waals surface area contributed by atoms with Crippen LogP contribution < -0.4 is 10.4 Å². The van der Waals surface area contributed by atoms with Crippen LogP contribution in [0.5, 0.6) is 0 Å². The average molecular weight is 318 g/mol. The smallest absolute Gasteiger partial charge is 0.276 e. The summed E-state index contributed by atoms with van der Waals surface area (Å²) in [6, 6.07) is 16.7. The van der Waals surface area contributed by atoms with Crippen molar-refractivity contribution in [1.29, 1.82) is 0 Å². The molecule has 1 N–H and O–H groups in total. The van der Waals surface area contributed by atoms with E-state index in [-0.39, 0.29) is 5.69 Å². The number of aromatic nitrogens is 2. The number of carboxylic acids is 1. The molecule has 2 aromatic carbocycles. The van der Waals surface area contributed by atoms with Gasteiger partial charge in [0, 0.05) is 23.6 Å². The molecule has 0 radical (unpaired) electrons. The maximum Gasteiger partial charge on any atom is 0.276 e. The second-order valence-corrected chi connectivity index (χ2v) is 4.91. The quantitative estimate of drug-likeness (QED) is 0.791. The highest BCUT2D eigenvalue weighted by molar-refractivity contribution is 6.09. The van der Waals surface area contributed by atoms with E-state index in [4.69, 9.17) is 0 Å². The van der Waals surface area contributed by atoms with Crippen LogP contribution >= 0.6 is 0 Å². The molecule has 0 saturated carbocycles. The molecule has 1 heterocycles. The molecule has 0 aliphatic heterocycles. The van der Waals surface area contributed by atoms with Gasteiger partial charge >= 0.3 is 0 Å². The minimum Gasteiger partial charge on any atom is -0.543 e. The minimum atomic E-state index is -1.55. The molecule has 0 fully saturated rings. The molecule has 3 aromatic rings. The normalized spacial score (nSPS) is 10.2. The van der Waals surface area contributed by atoms with Gasteiger partial charge < -0.3 is 15.2 Å². The van der Waals surface area contributed by atoms with E-state index in [9.17, 15) is 14.7 Å². The van der Waals surface area contributed by atoms with E-state index in [0.717, 1.165) is 11.1 Å². The lowest BCUT2D eigenvalue weighted by molar-refractivity contribution is -0.255. The molecule has 0 bridgehead atoms. The fourth-order valence-electron chi connectivity index (χ4n) is 2.30. The molecule has 3 rings (SSSR count). The summed E-state index contributed by atoms with van der Waals surface area (Å²) in [4.78, 5) is 30.9. The number of carbonyl (C=O) groups excluding carboxylic acids is 2. The van der Waals surface area contributed by atoms with E-state index in [0.29, 0.717) is 5.69 Å². The first-order chi connectivity index (χ1) is 11.7. The Bertz CT molecular complexity index is 895. The first kappa shape index (κ1) is 15.4. The highest BCUT2D eigenvalue weighted by Gasteiger charge is 2.16. The summed E-state index contributed by atoms with van der Waals surface area (Å²) in [5.41, 5.74) is 1.49. The number of hydrogen-bond acceptors (Lipinski definition) is 5. The van der Waals surface area contributed by atoms with Crippen molar-refractivity contribution in [3.63, 3.8) is 0 Å². The van der Waals surface area contributed by atoms with Crippen LogP contribution in [0.2, 0.25) is 0 Å². The molecule has 0 spiro atoms. The van der Waals surface area contributed by atoms with Crippen LogP contribution in [0.15, 0.2) is 67.0 Å². The molecular formula is C18H12N3O3-. The van der Waals surface area contributed by atoms with Gasteiger partial charge in [-0.15, -0.1) is 0 Å². The van der Waals surface area contributed by atoms with Crippen molar-refractivity contribution >= 4 is 17.6 Å². The van der Waals surface area contributed by atoms with Crippen LogP contribution in [-0.2, 0) is 0 Å². The van der Waals surface area contributed by atoms with Gasteiger partial charge in [-0.3, -0.25) is 9.78 Å². The van der Waals surface area contributed by atoms with Crippen molar-refractivity contribution in [2.24, 2.45) is 0 Å². The average Bonchev–Trinajstić information content (AvgIpc) is 2.63. The van der Waals surface area contributed by atoms with Gasteiger partial charge in [0.15, 0.2) is 5.69 Å². The second-order valence-electron chi connectivity index (χ2n) is 4.91. The molecule has 1 aromatic heterocycles. The Hall–Kier alpha value is -3.54. The summed E-state index contributed by atoms with van der Waals surface area (Å²) >= 11 is 0. The summed E-state index contributed by atoms with van der Waals surface area (Å²) < 4.78 is 0. The highest BCUT2D eigenvalue weighted by atomic mass is 16.4. The zero-order valence-corrected chi connectivity index (χ0v) is 12.5. The topological polar surface area (TPSA) is 95.0 Å². The zero-order chi connectivity index (χ0) is 16.9. The molecule has 0 aliphatic rings. The van der Waals surface area contributed by atoms with Crippen LogP contribution in [0, 0.1) is 0 Å². The number of carbonyl (C=O) groups is 2. The Morgan fingerprint density at radius 1 is 0.833 bits per heavy atom. The van der Waals surface area contributed by atoms with Crippen molar-refractivity contribution in [3.8, 4) is 11.1 Å². The fourth-order valence-corrected chi connectivity index (χ4v) is 2.30.